The molecule has 2 aromatic rings. The van der Waals surface area contributed by atoms with E-state index in [1.807, 2.05) is 19.4 Å². The normalized spacial score (nSPS) is 11.4. The molecule has 1 unspecified atom stereocenters. The van der Waals surface area contributed by atoms with E-state index >= 15 is 0 Å². The zero-order valence-electron chi connectivity index (χ0n) is 10.0. The van der Waals surface area contributed by atoms with Gasteiger partial charge in [-0.3, -0.25) is 9.20 Å². The number of hydrogen-bond donors (Lipinski definition) is 2. The molecule has 0 bridgehead atoms. The van der Waals surface area contributed by atoms with Gasteiger partial charge in [0.05, 0.1) is 6.20 Å². The largest absolute Gasteiger partial charge is 0.349 e. The zero-order chi connectivity index (χ0) is 11.5. The molecule has 0 spiro atoms. The highest BCUT2D eigenvalue weighted by Crippen LogP contribution is 2.15. The number of aromatic nitrogens is 2. The Balaban J connectivity index is 0.00000144. The number of imidazole rings is 1. The number of carbonyl (C=O) groups is 1. The van der Waals surface area contributed by atoms with Crippen molar-refractivity contribution in [3.05, 3.63) is 23.6 Å². The molecule has 18 heavy (non-hydrogen) atoms. The third-order valence-electron chi connectivity index (χ3n) is 2.45. The van der Waals surface area contributed by atoms with Crippen LogP contribution in [0.5, 0.6) is 0 Å². The predicted molar refractivity (Wildman–Crippen MR) is 78.4 cm³/mol. The third kappa shape index (κ3) is 3.58. The molecule has 2 heterocycles. The summed E-state index contributed by atoms with van der Waals surface area (Å²) < 4.78 is 1.80. The summed E-state index contributed by atoms with van der Waals surface area (Å²) >= 11 is 1.51. The lowest BCUT2D eigenvalue weighted by Gasteiger charge is -2.10. The average Bonchev–Trinajstić information content (AvgIpc) is 2.86. The van der Waals surface area contributed by atoms with E-state index in [2.05, 4.69) is 15.6 Å². The molecular weight excluding hydrogens is 295 g/mol. The first-order valence-electron chi connectivity index (χ1n) is 5.07. The molecule has 102 valence electrons. The highest BCUT2D eigenvalue weighted by Gasteiger charge is 2.12. The van der Waals surface area contributed by atoms with Crippen LogP contribution >= 0.6 is 36.2 Å². The lowest BCUT2D eigenvalue weighted by molar-refractivity contribution is 0.0945. The minimum absolute atomic E-state index is 0. The Morgan fingerprint density at radius 2 is 2.28 bits per heavy atom. The Morgan fingerprint density at radius 1 is 1.56 bits per heavy atom. The van der Waals surface area contributed by atoms with E-state index in [9.17, 15) is 4.79 Å². The molecule has 2 N–H and O–H groups in total. The summed E-state index contributed by atoms with van der Waals surface area (Å²) in [7, 11) is 1.87. The van der Waals surface area contributed by atoms with Crippen molar-refractivity contribution >= 4 is 46.9 Å². The zero-order valence-corrected chi connectivity index (χ0v) is 12.5. The number of halogens is 2. The van der Waals surface area contributed by atoms with Gasteiger partial charge in [-0.1, -0.05) is 0 Å². The van der Waals surface area contributed by atoms with Crippen molar-refractivity contribution in [3.8, 4) is 0 Å². The molecular formula is C10H16Cl2N4OS. The van der Waals surface area contributed by atoms with E-state index in [1.54, 1.807) is 16.9 Å². The summed E-state index contributed by atoms with van der Waals surface area (Å²) in [5.74, 6) is -0.0636. The summed E-state index contributed by atoms with van der Waals surface area (Å²) in [6.07, 6.45) is 3.40. The van der Waals surface area contributed by atoms with Crippen molar-refractivity contribution in [2.45, 2.75) is 13.0 Å². The van der Waals surface area contributed by atoms with E-state index in [1.165, 1.54) is 11.3 Å². The fourth-order valence-electron chi connectivity index (χ4n) is 1.33. The van der Waals surface area contributed by atoms with Crippen molar-refractivity contribution in [2.75, 3.05) is 13.6 Å². The number of nitrogens with zero attached hydrogens (tertiary/aromatic N) is 2. The number of likely N-dealkylation sites (N-methyl/N-ethyl adjacent to an activating group) is 1. The van der Waals surface area contributed by atoms with Gasteiger partial charge in [0, 0.05) is 18.0 Å². The van der Waals surface area contributed by atoms with Crippen LogP contribution in [0, 0.1) is 0 Å². The molecule has 1 atom stereocenters. The number of carbonyl (C=O) groups excluding carboxylic acids is 1. The minimum Gasteiger partial charge on any atom is -0.349 e. The number of thiazole rings is 1. The number of rotatable bonds is 4. The van der Waals surface area contributed by atoms with Crippen molar-refractivity contribution in [1.82, 2.24) is 20.0 Å². The molecule has 0 aromatic carbocycles. The smallest absolute Gasteiger partial charge is 0.269 e. The Hall–Kier alpha value is -0.820. The van der Waals surface area contributed by atoms with Crippen molar-refractivity contribution in [2.24, 2.45) is 0 Å². The van der Waals surface area contributed by atoms with E-state index in [0.717, 1.165) is 4.83 Å². The number of hydrogen-bond acceptors (Lipinski definition) is 4. The fourth-order valence-corrected chi connectivity index (χ4v) is 2.16. The Labute approximate surface area is 122 Å². The van der Waals surface area contributed by atoms with Crippen molar-refractivity contribution < 1.29 is 4.79 Å². The van der Waals surface area contributed by atoms with Crippen LogP contribution in [0.2, 0.25) is 0 Å². The molecule has 0 aliphatic rings. The summed E-state index contributed by atoms with van der Waals surface area (Å²) in [4.78, 5) is 16.8. The van der Waals surface area contributed by atoms with Gasteiger partial charge in [0.1, 0.15) is 16.9 Å². The summed E-state index contributed by atoms with van der Waals surface area (Å²) in [5, 5.41) is 7.78. The van der Waals surface area contributed by atoms with E-state index in [-0.39, 0.29) is 36.8 Å². The first-order chi connectivity index (χ1) is 7.72. The summed E-state index contributed by atoms with van der Waals surface area (Å²) in [5.41, 5.74) is 0.640. The molecule has 0 aliphatic heterocycles. The van der Waals surface area contributed by atoms with E-state index < -0.39 is 0 Å². The second-order valence-corrected chi connectivity index (χ2v) is 4.51. The monoisotopic (exact) mass is 310 g/mol. The van der Waals surface area contributed by atoms with Crippen LogP contribution in [0.1, 0.15) is 17.4 Å². The van der Waals surface area contributed by atoms with E-state index in [4.69, 9.17) is 0 Å². The highest BCUT2D eigenvalue weighted by molar-refractivity contribution is 7.15. The van der Waals surface area contributed by atoms with Crippen LogP contribution in [0.3, 0.4) is 0 Å². The standard InChI is InChI=1S/C10H14N4OS.2ClH/c1-7(11-2)3-13-10(15)8-5-16-9-4-12-6-14(8)9;;/h4-7,11H,3H2,1-2H3,(H,13,15);2*1H. The second kappa shape index (κ2) is 7.58. The van der Waals surface area contributed by atoms with Gasteiger partial charge in [-0.2, -0.15) is 0 Å². The molecule has 0 fully saturated rings. The Bertz CT molecular complexity index is 499. The molecule has 1 amide bonds. The van der Waals surface area contributed by atoms with Crippen molar-refractivity contribution in [3.63, 3.8) is 0 Å². The van der Waals surface area contributed by atoms with Gasteiger partial charge in [0.2, 0.25) is 0 Å². The van der Waals surface area contributed by atoms with Gasteiger partial charge in [-0.05, 0) is 14.0 Å². The lowest BCUT2D eigenvalue weighted by atomic mass is 10.3. The quantitative estimate of drug-likeness (QED) is 0.901. The van der Waals surface area contributed by atoms with Gasteiger partial charge < -0.3 is 10.6 Å². The maximum atomic E-state index is 11.9. The predicted octanol–water partition coefficient (Wildman–Crippen LogP) is 1.58. The maximum absolute atomic E-state index is 11.9. The first-order valence-corrected chi connectivity index (χ1v) is 5.95. The lowest BCUT2D eigenvalue weighted by Crippen LogP contribution is -2.37. The van der Waals surface area contributed by atoms with Crippen LogP contribution < -0.4 is 10.6 Å². The number of nitrogens with one attached hydrogen (secondary N) is 2. The van der Waals surface area contributed by atoms with Crippen LogP contribution in [0.25, 0.3) is 4.83 Å². The van der Waals surface area contributed by atoms with Crippen LogP contribution in [0.15, 0.2) is 17.9 Å². The summed E-state index contributed by atoms with van der Waals surface area (Å²) in [6, 6.07) is 0.265. The molecule has 2 aromatic heterocycles. The van der Waals surface area contributed by atoms with E-state index in [0.29, 0.717) is 12.2 Å². The van der Waals surface area contributed by atoms with Gasteiger partial charge in [0.15, 0.2) is 0 Å². The Morgan fingerprint density at radius 3 is 2.94 bits per heavy atom. The van der Waals surface area contributed by atoms with Crippen LogP contribution in [-0.4, -0.2) is 34.9 Å². The Kier molecular flexibility index (Phi) is 7.23. The molecule has 0 saturated heterocycles. The summed E-state index contributed by atoms with van der Waals surface area (Å²) in [6.45, 7) is 2.63. The number of amides is 1. The van der Waals surface area contributed by atoms with Gasteiger partial charge in [-0.15, -0.1) is 36.2 Å². The molecule has 0 aliphatic carbocycles. The highest BCUT2D eigenvalue weighted by atomic mass is 35.5. The van der Waals surface area contributed by atoms with Crippen LogP contribution in [-0.2, 0) is 0 Å². The van der Waals surface area contributed by atoms with Gasteiger partial charge >= 0.3 is 0 Å². The minimum atomic E-state index is -0.0636. The second-order valence-electron chi connectivity index (χ2n) is 3.62. The SMILES string of the molecule is CNC(C)CNC(=O)c1csc2cncn12.Cl.Cl. The average molecular weight is 311 g/mol. The molecule has 5 nitrogen and oxygen atoms in total. The topological polar surface area (TPSA) is 58.4 Å². The number of fused-ring (bicyclic) bond motifs is 1. The molecule has 8 heteroatoms. The van der Waals surface area contributed by atoms with Crippen molar-refractivity contribution in [1.29, 1.82) is 0 Å². The fraction of sp³-hybridized carbons (Fsp3) is 0.400. The van der Waals surface area contributed by atoms with Gasteiger partial charge in [-0.25, -0.2) is 4.98 Å². The molecule has 2 rings (SSSR count). The third-order valence-corrected chi connectivity index (χ3v) is 3.33. The maximum Gasteiger partial charge on any atom is 0.269 e. The molecule has 0 radical (unpaired) electrons. The van der Waals surface area contributed by atoms with Crippen LogP contribution in [0.4, 0.5) is 0 Å². The van der Waals surface area contributed by atoms with Gasteiger partial charge in [0.25, 0.3) is 5.91 Å². The first kappa shape index (κ1) is 17.2. The molecule has 0 saturated carbocycles.